The molecular formula is C23H30OSn. The van der Waals surface area contributed by atoms with E-state index >= 15 is 0 Å². The van der Waals surface area contributed by atoms with Crippen molar-refractivity contribution < 1.29 is 4.74 Å². The Morgan fingerprint density at radius 2 is 1.60 bits per heavy atom. The molecular weight excluding hydrogens is 411 g/mol. The van der Waals surface area contributed by atoms with Gasteiger partial charge in [0.1, 0.15) is 0 Å². The summed E-state index contributed by atoms with van der Waals surface area (Å²) in [5, 5.41) is 0. The second-order valence-corrected chi connectivity index (χ2v) is 22.7. The second-order valence-electron chi connectivity index (χ2n) is 8.22. The summed E-state index contributed by atoms with van der Waals surface area (Å²) in [6.07, 6.45) is 6.37. The van der Waals surface area contributed by atoms with Gasteiger partial charge < -0.3 is 0 Å². The maximum absolute atomic E-state index is 6.52. The van der Waals surface area contributed by atoms with Crippen molar-refractivity contribution in [2.24, 2.45) is 5.92 Å². The first kappa shape index (κ1) is 18.7. The van der Waals surface area contributed by atoms with E-state index in [1.807, 2.05) is 0 Å². The Hall–Kier alpha value is -1.06. The summed E-state index contributed by atoms with van der Waals surface area (Å²) in [4.78, 5) is 7.40. The van der Waals surface area contributed by atoms with Crippen molar-refractivity contribution in [3.8, 4) is 0 Å². The van der Waals surface area contributed by atoms with E-state index in [1.165, 1.54) is 11.1 Å². The van der Waals surface area contributed by atoms with Gasteiger partial charge in [-0.3, -0.25) is 0 Å². The molecule has 0 amide bonds. The molecule has 2 heteroatoms. The molecule has 0 N–H and O–H groups in total. The Morgan fingerprint density at radius 3 is 2.24 bits per heavy atom. The van der Waals surface area contributed by atoms with Gasteiger partial charge in [-0.2, -0.15) is 0 Å². The summed E-state index contributed by atoms with van der Waals surface area (Å²) in [6, 6.07) is 21.5. The summed E-state index contributed by atoms with van der Waals surface area (Å²) in [7, 11) is 0. The third kappa shape index (κ3) is 5.72. The van der Waals surface area contributed by atoms with Gasteiger partial charge >= 0.3 is 157 Å². The first-order valence-corrected chi connectivity index (χ1v) is 19.7. The van der Waals surface area contributed by atoms with E-state index < -0.39 is 18.4 Å². The molecule has 2 aromatic carbocycles. The molecule has 3 atom stereocenters. The minimum absolute atomic E-state index is 0.242. The van der Waals surface area contributed by atoms with Crippen LogP contribution < -0.4 is 0 Å². The van der Waals surface area contributed by atoms with Crippen LogP contribution in [0.15, 0.2) is 70.8 Å². The summed E-state index contributed by atoms with van der Waals surface area (Å²) in [5.41, 5.74) is 2.73. The van der Waals surface area contributed by atoms with Crippen LogP contribution in [0, 0.1) is 5.92 Å². The third-order valence-electron chi connectivity index (χ3n) is 4.88. The first-order chi connectivity index (χ1) is 12.0. The Balaban J connectivity index is 1.71. The van der Waals surface area contributed by atoms with Gasteiger partial charge in [0.05, 0.1) is 0 Å². The molecule has 1 aliphatic rings. The van der Waals surface area contributed by atoms with Crippen LogP contribution in [-0.4, -0.2) is 24.5 Å². The Bertz CT molecular complexity index is 672. The van der Waals surface area contributed by atoms with E-state index in [0.29, 0.717) is 12.0 Å². The molecule has 2 aromatic rings. The van der Waals surface area contributed by atoms with E-state index in [2.05, 4.69) is 85.7 Å². The van der Waals surface area contributed by atoms with Gasteiger partial charge in [-0.25, -0.2) is 0 Å². The van der Waals surface area contributed by atoms with Crippen molar-refractivity contribution in [3.63, 3.8) is 0 Å². The molecule has 0 unspecified atom stereocenters. The predicted octanol–water partition coefficient (Wildman–Crippen LogP) is 6.20. The third-order valence-corrected chi connectivity index (χ3v) is 8.28. The number of ether oxygens (including phenoxy) is 1. The number of hydrogen-bond acceptors (Lipinski definition) is 1. The van der Waals surface area contributed by atoms with Crippen molar-refractivity contribution in [1.82, 2.24) is 0 Å². The summed E-state index contributed by atoms with van der Waals surface area (Å²) >= 11 is -1.89. The molecule has 0 bridgehead atoms. The van der Waals surface area contributed by atoms with Crippen LogP contribution in [0.25, 0.3) is 0 Å². The fourth-order valence-corrected chi connectivity index (χ4v) is 5.85. The van der Waals surface area contributed by atoms with Crippen LogP contribution in [-0.2, 0) is 11.2 Å². The normalized spacial score (nSPS) is 24.0. The topological polar surface area (TPSA) is 9.23 Å². The molecule has 1 fully saturated rings. The number of rotatable bonds is 6. The van der Waals surface area contributed by atoms with E-state index in [1.54, 1.807) is 0 Å². The average Bonchev–Trinajstić information content (AvgIpc) is 3.02. The van der Waals surface area contributed by atoms with Crippen LogP contribution in [0.4, 0.5) is 0 Å². The van der Waals surface area contributed by atoms with Gasteiger partial charge in [0, 0.05) is 0 Å². The minimum atomic E-state index is -1.89. The van der Waals surface area contributed by atoms with Crippen molar-refractivity contribution in [2.45, 2.75) is 46.3 Å². The standard InChI is InChI=1S/C20H21O.3CH3.Sn/c1-2-17-15-20(18-11-7-4-8-12-18)21-19(17)14-13-16-9-5-3-6-10-16;;;;/h1-12,17,19-20H,13-15H2;3*1H3;/t17-,19+,20+;;;;/m0..../s1. The molecule has 0 aromatic heterocycles. The van der Waals surface area contributed by atoms with Gasteiger partial charge in [-0.15, -0.1) is 0 Å². The van der Waals surface area contributed by atoms with E-state index in [-0.39, 0.29) is 6.10 Å². The van der Waals surface area contributed by atoms with Crippen molar-refractivity contribution >= 4 is 18.4 Å². The molecule has 1 nitrogen and oxygen atoms in total. The van der Waals surface area contributed by atoms with E-state index in [9.17, 15) is 0 Å². The van der Waals surface area contributed by atoms with Crippen LogP contribution in [0.3, 0.4) is 0 Å². The van der Waals surface area contributed by atoms with Gasteiger partial charge in [0.25, 0.3) is 0 Å². The molecule has 0 saturated carbocycles. The fraction of sp³-hybridized carbons (Fsp3) is 0.391. The fourth-order valence-electron chi connectivity index (χ4n) is 3.50. The van der Waals surface area contributed by atoms with Gasteiger partial charge in [0.2, 0.25) is 0 Å². The molecule has 1 saturated heterocycles. The van der Waals surface area contributed by atoms with Crippen molar-refractivity contribution in [2.75, 3.05) is 0 Å². The zero-order valence-electron chi connectivity index (χ0n) is 15.7. The molecule has 0 spiro atoms. The zero-order valence-corrected chi connectivity index (χ0v) is 18.5. The predicted molar refractivity (Wildman–Crippen MR) is 109 cm³/mol. The van der Waals surface area contributed by atoms with E-state index in [4.69, 9.17) is 4.74 Å². The summed E-state index contributed by atoms with van der Waals surface area (Å²) < 4.78 is 9.08. The molecule has 25 heavy (non-hydrogen) atoms. The molecule has 3 rings (SSSR count). The van der Waals surface area contributed by atoms with Gasteiger partial charge in [0.15, 0.2) is 0 Å². The molecule has 1 aliphatic heterocycles. The van der Waals surface area contributed by atoms with Crippen molar-refractivity contribution in [3.05, 3.63) is 82.0 Å². The van der Waals surface area contributed by atoms with Crippen LogP contribution in [0.1, 0.15) is 30.1 Å². The van der Waals surface area contributed by atoms with Crippen LogP contribution >= 0.6 is 0 Å². The van der Waals surface area contributed by atoms with Crippen LogP contribution in [0.5, 0.6) is 0 Å². The zero-order chi connectivity index (χ0) is 17.7. The Morgan fingerprint density at radius 1 is 0.960 bits per heavy atom. The summed E-state index contributed by atoms with van der Waals surface area (Å²) in [5.74, 6) is 0.546. The molecule has 0 radical (unpaired) electrons. The summed E-state index contributed by atoms with van der Waals surface area (Å²) in [6.45, 7) is 0. The molecule has 1 heterocycles. The number of hydrogen-bond donors (Lipinski definition) is 0. The number of aryl methyl sites for hydroxylation is 1. The average molecular weight is 441 g/mol. The van der Waals surface area contributed by atoms with Gasteiger partial charge in [-0.05, 0) is 0 Å². The molecule has 0 aliphatic carbocycles. The molecule has 132 valence electrons. The second kappa shape index (κ2) is 8.55. The number of benzene rings is 2. The first-order valence-electron chi connectivity index (χ1n) is 9.45. The SMILES string of the molecule is [CH3][Sn]([CH3])([CH3])/[CH]=C/[C@H]1C[C@H](c2ccccc2)O[C@@H]1CCc1ccccc1. The van der Waals surface area contributed by atoms with E-state index in [0.717, 1.165) is 19.3 Å². The van der Waals surface area contributed by atoms with Gasteiger partial charge in [-0.1, -0.05) is 0 Å². The quantitative estimate of drug-likeness (QED) is 0.486. The van der Waals surface area contributed by atoms with Crippen molar-refractivity contribution in [1.29, 1.82) is 0 Å². The monoisotopic (exact) mass is 442 g/mol. The Kier molecular flexibility index (Phi) is 6.40. The van der Waals surface area contributed by atoms with Crippen LogP contribution in [0.2, 0.25) is 14.8 Å². The Labute approximate surface area is 157 Å². The maximum atomic E-state index is 6.52.